The maximum Gasteiger partial charge on any atom is 0.407 e. The first-order chi connectivity index (χ1) is 11.5. The minimum atomic E-state index is -0.914. The molecule has 1 heterocycles. The molecule has 0 saturated heterocycles. The smallest absolute Gasteiger partial charge is 0.407 e. The summed E-state index contributed by atoms with van der Waals surface area (Å²) in [5.41, 5.74) is 3.36. The number of carbonyl (C=O) groups is 1. The third-order valence-electron chi connectivity index (χ3n) is 4.39. The van der Waals surface area contributed by atoms with Crippen LogP contribution in [0.4, 0.5) is 4.79 Å². The summed E-state index contributed by atoms with van der Waals surface area (Å²) < 4.78 is 6.11. The molecule has 1 N–H and O–H groups in total. The second-order valence-electron chi connectivity index (χ2n) is 6.58. The van der Waals surface area contributed by atoms with Crippen LogP contribution in [0.25, 0.3) is 0 Å². The third-order valence-corrected chi connectivity index (χ3v) is 4.39. The number of nitrogens with zero attached hydrogens (tertiary/aromatic N) is 1. The van der Waals surface area contributed by atoms with Gasteiger partial charge in [0.2, 0.25) is 0 Å². The van der Waals surface area contributed by atoms with Gasteiger partial charge in [0.1, 0.15) is 11.9 Å². The van der Waals surface area contributed by atoms with E-state index in [1.807, 2.05) is 30.3 Å². The molecule has 1 amide bonds. The van der Waals surface area contributed by atoms with Gasteiger partial charge in [-0.2, -0.15) is 0 Å². The van der Waals surface area contributed by atoms with E-state index in [0.29, 0.717) is 19.0 Å². The molecule has 4 nitrogen and oxygen atoms in total. The van der Waals surface area contributed by atoms with E-state index in [2.05, 4.69) is 32.0 Å². The highest BCUT2D eigenvalue weighted by Gasteiger charge is 2.29. The van der Waals surface area contributed by atoms with Crippen molar-refractivity contribution < 1.29 is 14.6 Å². The Labute approximate surface area is 142 Å². The highest BCUT2D eigenvalue weighted by molar-refractivity contribution is 5.65. The Kier molecular flexibility index (Phi) is 4.74. The van der Waals surface area contributed by atoms with Crippen molar-refractivity contribution >= 4 is 6.09 Å². The first kappa shape index (κ1) is 16.4. The van der Waals surface area contributed by atoms with Crippen molar-refractivity contribution in [1.29, 1.82) is 0 Å². The fourth-order valence-electron chi connectivity index (χ4n) is 3.18. The minimum Gasteiger partial charge on any atom is -0.488 e. The number of hydrogen-bond acceptors (Lipinski definition) is 2. The lowest BCUT2D eigenvalue weighted by atomic mass is 9.98. The topological polar surface area (TPSA) is 49.8 Å². The van der Waals surface area contributed by atoms with E-state index in [1.54, 1.807) is 0 Å². The zero-order chi connectivity index (χ0) is 17.1. The molecule has 3 rings (SSSR count). The normalized spacial score (nSPS) is 15.9. The summed E-state index contributed by atoms with van der Waals surface area (Å²) >= 11 is 0. The molecule has 4 heteroatoms. The SMILES string of the molecule is CC(C)c1cccc2c1OC(CN(Cc1ccccc1)C(=O)O)C2. The van der Waals surface area contributed by atoms with E-state index in [-0.39, 0.29) is 6.10 Å². The number of para-hydroxylation sites is 1. The molecule has 0 aromatic heterocycles. The van der Waals surface area contributed by atoms with Gasteiger partial charge in [0.25, 0.3) is 0 Å². The maximum atomic E-state index is 11.6. The van der Waals surface area contributed by atoms with Crippen molar-refractivity contribution in [2.24, 2.45) is 0 Å². The van der Waals surface area contributed by atoms with Crippen LogP contribution in [-0.4, -0.2) is 28.7 Å². The number of amides is 1. The van der Waals surface area contributed by atoms with Crippen molar-refractivity contribution in [2.75, 3.05) is 6.54 Å². The summed E-state index contributed by atoms with van der Waals surface area (Å²) in [4.78, 5) is 13.0. The molecule has 0 saturated carbocycles. The van der Waals surface area contributed by atoms with Gasteiger partial charge in [-0.1, -0.05) is 62.4 Å². The highest BCUT2D eigenvalue weighted by atomic mass is 16.5. The Hall–Kier alpha value is -2.49. The predicted molar refractivity (Wildman–Crippen MR) is 93.5 cm³/mol. The number of benzene rings is 2. The standard InChI is InChI=1S/C20H23NO3/c1-14(2)18-10-6-9-16-11-17(24-19(16)18)13-21(20(22)23)12-15-7-4-3-5-8-15/h3-10,14,17H,11-13H2,1-2H3,(H,22,23). The summed E-state index contributed by atoms with van der Waals surface area (Å²) in [6.07, 6.45) is -0.281. The van der Waals surface area contributed by atoms with Crippen molar-refractivity contribution in [3.63, 3.8) is 0 Å². The number of ether oxygens (including phenoxy) is 1. The molecule has 0 fully saturated rings. The monoisotopic (exact) mass is 325 g/mol. The van der Waals surface area contributed by atoms with Crippen LogP contribution >= 0.6 is 0 Å². The van der Waals surface area contributed by atoms with Gasteiger partial charge < -0.3 is 14.7 Å². The summed E-state index contributed by atoms with van der Waals surface area (Å²) in [6.45, 7) is 5.04. The summed E-state index contributed by atoms with van der Waals surface area (Å²) in [6, 6.07) is 15.9. The lowest BCUT2D eigenvalue weighted by Gasteiger charge is -2.23. The van der Waals surface area contributed by atoms with Crippen molar-refractivity contribution in [1.82, 2.24) is 4.90 Å². The Balaban J connectivity index is 1.71. The summed E-state index contributed by atoms with van der Waals surface area (Å²) in [5.74, 6) is 1.33. The van der Waals surface area contributed by atoms with Gasteiger partial charge in [-0.25, -0.2) is 4.79 Å². The van der Waals surface area contributed by atoms with Crippen LogP contribution in [0.3, 0.4) is 0 Å². The molecule has 0 radical (unpaired) electrons. The van der Waals surface area contributed by atoms with E-state index in [9.17, 15) is 9.90 Å². The van der Waals surface area contributed by atoms with Crippen LogP contribution in [0.1, 0.15) is 36.5 Å². The molecule has 1 atom stereocenters. The highest BCUT2D eigenvalue weighted by Crippen LogP contribution is 2.36. The quantitative estimate of drug-likeness (QED) is 0.892. The third kappa shape index (κ3) is 3.53. The molecule has 126 valence electrons. The van der Waals surface area contributed by atoms with E-state index >= 15 is 0 Å². The van der Waals surface area contributed by atoms with Crippen LogP contribution in [0.2, 0.25) is 0 Å². The zero-order valence-corrected chi connectivity index (χ0v) is 14.1. The van der Waals surface area contributed by atoms with Gasteiger partial charge in [-0.15, -0.1) is 0 Å². The Morgan fingerprint density at radius 2 is 1.96 bits per heavy atom. The maximum absolute atomic E-state index is 11.6. The molecule has 0 aliphatic carbocycles. The molecule has 2 aromatic rings. The van der Waals surface area contributed by atoms with Crippen LogP contribution in [0.5, 0.6) is 5.75 Å². The Bertz CT molecular complexity index is 712. The molecule has 1 aliphatic heterocycles. The van der Waals surface area contributed by atoms with Gasteiger partial charge in [0, 0.05) is 13.0 Å². The summed E-state index contributed by atoms with van der Waals surface area (Å²) in [5, 5.41) is 9.53. The van der Waals surface area contributed by atoms with Gasteiger partial charge in [0.15, 0.2) is 0 Å². The number of hydrogen-bond donors (Lipinski definition) is 1. The van der Waals surface area contributed by atoms with E-state index < -0.39 is 6.09 Å². The van der Waals surface area contributed by atoms with Crippen molar-refractivity contribution in [2.45, 2.75) is 38.8 Å². The summed E-state index contributed by atoms with van der Waals surface area (Å²) in [7, 11) is 0. The van der Waals surface area contributed by atoms with Crippen molar-refractivity contribution in [3.05, 3.63) is 65.2 Å². The average Bonchev–Trinajstić information content (AvgIpc) is 2.97. The van der Waals surface area contributed by atoms with E-state index in [1.165, 1.54) is 16.0 Å². The minimum absolute atomic E-state index is 0.125. The van der Waals surface area contributed by atoms with Gasteiger partial charge in [-0.3, -0.25) is 0 Å². The molecule has 0 spiro atoms. The van der Waals surface area contributed by atoms with Crippen molar-refractivity contribution in [3.8, 4) is 5.75 Å². The fraction of sp³-hybridized carbons (Fsp3) is 0.350. The van der Waals surface area contributed by atoms with Gasteiger partial charge >= 0.3 is 6.09 Å². The number of carboxylic acid groups (broad SMARTS) is 1. The van der Waals surface area contributed by atoms with Crippen LogP contribution in [0, 0.1) is 0 Å². The Morgan fingerprint density at radius 3 is 2.62 bits per heavy atom. The molecule has 1 aliphatic rings. The number of rotatable bonds is 5. The van der Waals surface area contributed by atoms with Crippen LogP contribution in [-0.2, 0) is 13.0 Å². The molecule has 24 heavy (non-hydrogen) atoms. The second-order valence-corrected chi connectivity index (χ2v) is 6.58. The lowest BCUT2D eigenvalue weighted by Crippen LogP contribution is -2.38. The number of fused-ring (bicyclic) bond motifs is 1. The molecule has 0 bridgehead atoms. The zero-order valence-electron chi connectivity index (χ0n) is 14.1. The van der Waals surface area contributed by atoms with Crippen LogP contribution in [0.15, 0.2) is 48.5 Å². The molecule has 2 aromatic carbocycles. The molecule has 1 unspecified atom stereocenters. The van der Waals surface area contributed by atoms with Gasteiger partial charge in [-0.05, 0) is 22.6 Å². The first-order valence-electron chi connectivity index (χ1n) is 8.35. The molecular weight excluding hydrogens is 302 g/mol. The van der Waals surface area contributed by atoms with Gasteiger partial charge in [0.05, 0.1) is 6.54 Å². The molecular formula is C20H23NO3. The Morgan fingerprint density at radius 1 is 1.21 bits per heavy atom. The second kappa shape index (κ2) is 6.95. The predicted octanol–water partition coefficient (Wildman–Crippen LogP) is 4.29. The fourth-order valence-corrected chi connectivity index (χ4v) is 3.18. The van der Waals surface area contributed by atoms with E-state index in [0.717, 1.165) is 17.7 Å². The average molecular weight is 325 g/mol. The first-order valence-corrected chi connectivity index (χ1v) is 8.35. The van der Waals surface area contributed by atoms with Crippen LogP contribution < -0.4 is 4.74 Å². The lowest BCUT2D eigenvalue weighted by molar-refractivity contribution is 0.112. The largest absolute Gasteiger partial charge is 0.488 e. The van der Waals surface area contributed by atoms with E-state index in [4.69, 9.17) is 4.74 Å².